The summed E-state index contributed by atoms with van der Waals surface area (Å²) in [6.45, 7) is 3.43. The zero-order valence-corrected chi connectivity index (χ0v) is 12.7. The van der Waals surface area contributed by atoms with Crippen LogP contribution in [0.25, 0.3) is 10.3 Å². The predicted octanol–water partition coefficient (Wildman–Crippen LogP) is 1.05. The van der Waals surface area contributed by atoms with Crippen molar-refractivity contribution in [1.82, 2.24) is 14.8 Å². The van der Waals surface area contributed by atoms with Crippen molar-refractivity contribution in [2.45, 2.75) is 31.8 Å². The first-order valence-corrected chi connectivity index (χ1v) is 7.72. The summed E-state index contributed by atoms with van der Waals surface area (Å²) < 4.78 is 2.94. The highest BCUT2D eigenvalue weighted by Gasteiger charge is 2.30. The lowest BCUT2D eigenvalue weighted by Crippen LogP contribution is -2.34. The second-order valence-corrected chi connectivity index (χ2v) is 6.56. The molecule has 1 saturated heterocycles. The topological polar surface area (TPSA) is 74.4 Å². The number of hydrogen-bond donors (Lipinski definition) is 2. The number of thiazole rings is 1. The molecular formula is C13H20N4O2S. The van der Waals surface area contributed by atoms with E-state index in [1.54, 1.807) is 11.3 Å². The number of anilines is 1. The number of aliphatic hydroxyl groups excluding tert-OH is 1. The molecule has 1 atom stereocenters. The van der Waals surface area contributed by atoms with Crippen molar-refractivity contribution in [3.8, 4) is 0 Å². The van der Waals surface area contributed by atoms with Gasteiger partial charge in [0, 0.05) is 20.1 Å². The second-order valence-electron chi connectivity index (χ2n) is 5.58. The third-order valence-corrected chi connectivity index (χ3v) is 5.23. The molecule has 0 saturated carbocycles. The van der Waals surface area contributed by atoms with Crippen molar-refractivity contribution < 1.29 is 10.2 Å². The summed E-state index contributed by atoms with van der Waals surface area (Å²) in [5.74, 6) is 0. The maximum Gasteiger partial charge on any atom is 0.188 e. The summed E-state index contributed by atoms with van der Waals surface area (Å²) in [6, 6.07) is 0. The Morgan fingerprint density at radius 3 is 2.85 bits per heavy atom. The van der Waals surface area contributed by atoms with Crippen molar-refractivity contribution in [2.24, 2.45) is 7.05 Å². The smallest absolute Gasteiger partial charge is 0.188 e. The van der Waals surface area contributed by atoms with Gasteiger partial charge in [-0.05, 0) is 26.2 Å². The first kappa shape index (κ1) is 13.8. The number of hydrogen-bond acceptors (Lipinski definition) is 6. The molecule has 1 fully saturated rings. The third-order valence-electron chi connectivity index (χ3n) is 4.02. The first-order chi connectivity index (χ1) is 9.52. The van der Waals surface area contributed by atoms with Crippen LogP contribution < -0.4 is 4.90 Å². The molecule has 7 heteroatoms. The van der Waals surface area contributed by atoms with Crippen molar-refractivity contribution >= 4 is 26.8 Å². The molecule has 0 aliphatic carbocycles. The van der Waals surface area contributed by atoms with Crippen LogP contribution in [0, 0.1) is 6.92 Å². The number of nitrogens with zero attached hydrogens (tertiary/aromatic N) is 4. The van der Waals surface area contributed by atoms with E-state index in [0.29, 0.717) is 12.8 Å². The molecule has 2 aromatic heterocycles. The SMILES string of the molecule is Cc1nn(C)c2nc(N3CCC[C@@](O)(CO)CC3)sc12. The lowest BCUT2D eigenvalue weighted by molar-refractivity contribution is -0.0232. The molecule has 110 valence electrons. The Kier molecular flexibility index (Phi) is 3.43. The Labute approximate surface area is 121 Å². The molecule has 6 nitrogen and oxygen atoms in total. The van der Waals surface area contributed by atoms with Gasteiger partial charge in [-0.3, -0.25) is 0 Å². The summed E-state index contributed by atoms with van der Waals surface area (Å²) in [5, 5.41) is 24.8. The van der Waals surface area contributed by atoms with Crippen LogP contribution in [0.1, 0.15) is 25.0 Å². The molecule has 3 rings (SSSR count). The maximum absolute atomic E-state index is 10.2. The van der Waals surface area contributed by atoms with E-state index >= 15 is 0 Å². The highest BCUT2D eigenvalue weighted by atomic mass is 32.1. The van der Waals surface area contributed by atoms with Gasteiger partial charge in [-0.15, -0.1) is 0 Å². The van der Waals surface area contributed by atoms with Crippen LogP contribution >= 0.6 is 11.3 Å². The third kappa shape index (κ3) is 2.30. The van der Waals surface area contributed by atoms with Crippen LogP contribution in [-0.2, 0) is 7.05 Å². The molecule has 1 aliphatic heterocycles. The Hall–Kier alpha value is -1.18. The molecular weight excluding hydrogens is 276 g/mol. The molecule has 0 bridgehead atoms. The van der Waals surface area contributed by atoms with E-state index in [9.17, 15) is 10.2 Å². The summed E-state index contributed by atoms with van der Waals surface area (Å²) in [7, 11) is 1.91. The monoisotopic (exact) mass is 296 g/mol. The fourth-order valence-corrected chi connectivity index (χ4v) is 3.82. The van der Waals surface area contributed by atoms with Crippen molar-refractivity contribution in [3.05, 3.63) is 5.69 Å². The van der Waals surface area contributed by atoms with E-state index < -0.39 is 5.60 Å². The highest BCUT2D eigenvalue weighted by Crippen LogP contribution is 2.33. The van der Waals surface area contributed by atoms with Gasteiger partial charge in [0.1, 0.15) is 0 Å². The maximum atomic E-state index is 10.2. The molecule has 2 N–H and O–H groups in total. The van der Waals surface area contributed by atoms with E-state index in [-0.39, 0.29) is 6.61 Å². The Bertz CT molecular complexity index is 589. The van der Waals surface area contributed by atoms with Gasteiger partial charge in [0.25, 0.3) is 0 Å². The molecule has 0 spiro atoms. The number of rotatable bonds is 2. The standard InChI is InChI=1S/C13H20N4O2S/c1-9-10-11(16(2)15-9)14-12(20-10)17-6-3-4-13(19,8-18)5-7-17/h18-19H,3-8H2,1-2H3/t13-/m0/s1. The van der Waals surface area contributed by atoms with E-state index in [1.807, 2.05) is 18.7 Å². The van der Waals surface area contributed by atoms with Crippen LogP contribution in [-0.4, -0.2) is 50.3 Å². The number of aryl methyl sites for hydroxylation is 2. The molecule has 3 heterocycles. The molecule has 20 heavy (non-hydrogen) atoms. The summed E-state index contributed by atoms with van der Waals surface area (Å²) in [5.41, 5.74) is 1.00. The summed E-state index contributed by atoms with van der Waals surface area (Å²) in [6.07, 6.45) is 2.09. The Morgan fingerprint density at radius 2 is 2.15 bits per heavy atom. The minimum atomic E-state index is -0.928. The summed E-state index contributed by atoms with van der Waals surface area (Å²) >= 11 is 1.66. The zero-order valence-electron chi connectivity index (χ0n) is 11.8. The summed E-state index contributed by atoms with van der Waals surface area (Å²) in [4.78, 5) is 6.88. The van der Waals surface area contributed by atoms with Crippen LogP contribution in [0.5, 0.6) is 0 Å². The molecule has 0 unspecified atom stereocenters. The predicted molar refractivity (Wildman–Crippen MR) is 79.2 cm³/mol. The average Bonchev–Trinajstić information content (AvgIpc) is 2.90. The second kappa shape index (κ2) is 4.98. The van der Waals surface area contributed by atoms with Gasteiger partial charge >= 0.3 is 0 Å². The minimum absolute atomic E-state index is 0.163. The quantitative estimate of drug-likeness (QED) is 0.866. The van der Waals surface area contributed by atoms with E-state index in [1.165, 1.54) is 0 Å². The van der Waals surface area contributed by atoms with Gasteiger partial charge in [0.15, 0.2) is 10.8 Å². The largest absolute Gasteiger partial charge is 0.393 e. The van der Waals surface area contributed by atoms with Crippen molar-refractivity contribution in [1.29, 1.82) is 0 Å². The van der Waals surface area contributed by atoms with Crippen LogP contribution in [0.3, 0.4) is 0 Å². The molecule has 0 radical (unpaired) electrons. The number of aliphatic hydroxyl groups is 2. The van der Waals surface area contributed by atoms with E-state index in [4.69, 9.17) is 0 Å². The van der Waals surface area contributed by atoms with Crippen molar-refractivity contribution in [2.75, 3.05) is 24.6 Å². The van der Waals surface area contributed by atoms with Gasteiger partial charge in [0.05, 0.1) is 22.6 Å². The molecule has 2 aromatic rings. The van der Waals surface area contributed by atoms with Gasteiger partial charge in [-0.2, -0.15) is 5.10 Å². The van der Waals surface area contributed by atoms with Crippen LogP contribution in [0.2, 0.25) is 0 Å². The Morgan fingerprint density at radius 1 is 1.35 bits per heavy atom. The number of aromatic nitrogens is 3. The lowest BCUT2D eigenvalue weighted by atomic mass is 9.96. The van der Waals surface area contributed by atoms with Crippen LogP contribution in [0.15, 0.2) is 0 Å². The van der Waals surface area contributed by atoms with Gasteiger partial charge in [-0.25, -0.2) is 9.67 Å². The van der Waals surface area contributed by atoms with E-state index in [0.717, 1.165) is 40.7 Å². The van der Waals surface area contributed by atoms with Crippen LogP contribution in [0.4, 0.5) is 5.13 Å². The lowest BCUT2D eigenvalue weighted by Gasteiger charge is -2.24. The molecule has 1 aliphatic rings. The Balaban J connectivity index is 1.86. The van der Waals surface area contributed by atoms with Gasteiger partial charge < -0.3 is 15.1 Å². The molecule has 0 amide bonds. The molecule has 0 aromatic carbocycles. The minimum Gasteiger partial charge on any atom is -0.393 e. The average molecular weight is 296 g/mol. The first-order valence-electron chi connectivity index (χ1n) is 6.91. The fourth-order valence-electron chi connectivity index (χ4n) is 2.74. The number of fused-ring (bicyclic) bond motifs is 1. The zero-order chi connectivity index (χ0) is 14.3. The fraction of sp³-hybridized carbons (Fsp3) is 0.692. The normalized spacial score (nSPS) is 24.3. The van der Waals surface area contributed by atoms with Gasteiger partial charge in [-0.1, -0.05) is 11.3 Å². The highest BCUT2D eigenvalue weighted by molar-refractivity contribution is 7.22. The van der Waals surface area contributed by atoms with E-state index in [2.05, 4.69) is 15.0 Å². The van der Waals surface area contributed by atoms with Gasteiger partial charge in [0.2, 0.25) is 0 Å². The van der Waals surface area contributed by atoms with Crippen molar-refractivity contribution in [3.63, 3.8) is 0 Å².